The summed E-state index contributed by atoms with van der Waals surface area (Å²) < 4.78 is 0. The van der Waals surface area contributed by atoms with E-state index in [-0.39, 0.29) is 0 Å². The monoisotopic (exact) mass is 168 g/mol. The zero-order chi connectivity index (χ0) is 9.14. The molecule has 4 heteroatoms. The van der Waals surface area contributed by atoms with Gasteiger partial charge in [-0.2, -0.15) is 0 Å². The first-order valence-corrected chi connectivity index (χ1v) is 3.43. The minimum Gasteiger partial charge on any atom is -0.481 e. The van der Waals surface area contributed by atoms with Crippen LogP contribution in [-0.4, -0.2) is 22.2 Å². The first-order chi connectivity index (χ1) is 5.61. The van der Waals surface area contributed by atoms with E-state index in [9.17, 15) is 9.59 Å². The van der Waals surface area contributed by atoms with Gasteiger partial charge < -0.3 is 10.2 Å². The van der Waals surface area contributed by atoms with Crippen molar-refractivity contribution < 1.29 is 19.8 Å². The van der Waals surface area contributed by atoms with Gasteiger partial charge >= 0.3 is 11.9 Å². The fraction of sp³-hybridized carbons (Fsp3) is 0.250. The Morgan fingerprint density at radius 3 is 1.25 bits per heavy atom. The summed E-state index contributed by atoms with van der Waals surface area (Å²) in [7, 11) is 0. The second kappa shape index (κ2) is 3.21. The summed E-state index contributed by atoms with van der Waals surface area (Å²) in [5.74, 6) is -3.29. The van der Waals surface area contributed by atoms with Crippen molar-refractivity contribution in [3.8, 4) is 0 Å². The largest absolute Gasteiger partial charge is 0.481 e. The van der Waals surface area contributed by atoms with Gasteiger partial charge in [-0.05, 0) is 0 Å². The van der Waals surface area contributed by atoms with Gasteiger partial charge in [0.25, 0.3) is 0 Å². The number of aliphatic carboxylic acids is 2. The predicted molar refractivity (Wildman–Crippen MR) is 40.5 cm³/mol. The summed E-state index contributed by atoms with van der Waals surface area (Å²) >= 11 is 0. The Balaban J connectivity index is 2.66. The van der Waals surface area contributed by atoms with E-state index in [0.29, 0.717) is 0 Å². The average molecular weight is 168 g/mol. The summed E-state index contributed by atoms with van der Waals surface area (Å²) in [6.45, 7) is 0. The van der Waals surface area contributed by atoms with E-state index in [0.717, 1.165) is 0 Å². The van der Waals surface area contributed by atoms with Gasteiger partial charge in [0.1, 0.15) is 0 Å². The Bertz CT molecular complexity index is 224. The van der Waals surface area contributed by atoms with Gasteiger partial charge in [0.2, 0.25) is 0 Å². The van der Waals surface area contributed by atoms with Crippen LogP contribution in [0.4, 0.5) is 0 Å². The topological polar surface area (TPSA) is 74.6 Å². The minimum atomic E-state index is -0.966. The molecule has 0 bridgehead atoms. The number of hydrogen-bond donors (Lipinski definition) is 2. The van der Waals surface area contributed by atoms with Crippen LogP contribution >= 0.6 is 0 Å². The summed E-state index contributed by atoms with van der Waals surface area (Å²) in [4.78, 5) is 20.8. The average Bonchev–Trinajstić information content (AvgIpc) is 2.04. The van der Waals surface area contributed by atoms with E-state index in [1.807, 2.05) is 0 Å². The van der Waals surface area contributed by atoms with Gasteiger partial charge in [-0.3, -0.25) is 9.59 Å². The number of carboxylic acid groups (broad SMARTS) is 2. The number of carbonyl (C=O) groups is 2. The van der Waals surface area contributed by atoms with Gasteiger partial charge in [-0.1, -0.05) is 24.3 Å². The molecule has 0 radical (unpaired) electrons. The van der Waals surface area contributed by atoms with Gasteiger partial charge in [-0.25, -0.2) is 0 Å². The van der Waals surface area contributed by atoms with Crippen molar-refractivity contribution in [2.45, 2.75) is 0 Å². The lowest BCUT2D eigenvalue weighted by Crippen LogP contribution is -2.16. The molecule has 0 unspecified atom stereocenters. The van der Waals surface area contributed by atoms with Crippen LogP contribution in [0.1, 0.15) is 0 Å². The second-order valence-electron chi connectivity index (χ2n) is 2.50. The molecule has 0 amide bonds. The Hall–Kier alpha value is -1.58. The van der Waals surface area contributed by atoms with Crippen LogP contribution in [0.25, 0.3) is 0 Å². The number of carboxylic acids is 2. The van der Waals surface area contributed by atoms with E-state index in [1.165, 1.54) is 24.3 Å². The quantitative estimate of drug-likeness (QED) is 0.589. The van der Waals surface area contributed by atoms with Gasteiger partial charge in [-0.15, -0.1) is 0 Å². The maximum absolute atomic E-state index is 10.4. The SMILES string of the molecule is O=C(O)C1C=CC(C(=O)O)C=C1. The molecule has 4 nitrogen and oxygen atoms in total. The van der Waals surface area contributed by atoms with Gasteiger partial charge in [0, 0.05) is 0 Å². The standard InChI is InChI=1S/C8H8O4/c9-7(10)5-1-2-6(4-3-5)8(11)12/h1-6H,(H,9,10)(H,11,12). The summed E-state index contributed by atoms with van der Waals surface area (Å²) in [6, 6.07) is 0. The highest BCUT2D eigenvalue weighted by molar-refractivity contribution is 5.79. The number of rotatable bonds is 2. The van der Waals surface area contributed by atoms with Crippen LogP contribution < -0.4 is 0 Å². The highest BCUT2D eigenvalue weighted by atomic mass is 16.4. The molecule has 0 aromatic heterocycles. The molecular weight excluding hydrogens is 160 g/mol. The third kappa shape index (κ3) is 1.72. The summed E-state index contributed by atoms with van der Waals surface area (Å²) in [5, 5.41) is 17.0. The molecule has 64 valence electrons. The highest BCUT2D eigenvalue weighted by Crippen LogP contribution is 2.14. The molecule has 1 aliphatic rings. The van der Waals surface area contributed by atoms with Crippen molar-refractivity contribution in [1.82, 2.24) is 0 Å². The molecule has 0 saturated heterocycles. The van der Waals surface area contributed by atoms with E-state index in [4.69, 9.17) is 10.2 Å². The van der Waals surface area contributed by atoms with E-state index < -0.39 is 23.8 Å². The first-order valence-electron chi connectivity index (χ1n) is 3.43. The molecule has 12 heavy (non-hydrogen) atoms. The van der Waals surface area contributed by atoms with Crippen LogP contribution in [0.15, 0.2) is 24.3 Å². The lowest BCUT2D eigenvalue weighted by Gasteiger charge is -2.09. The molecule has 0 aliphatic heterocycles. The van der Waals surface area contributed by atoms with Crippen LogP contribution in [0.3, 0.4) is 0 Å². The third-order valence-electron chi connectivity index (χ3n) is 1.62. The molecule has 0 aromatic rings. The molecule has 2 N–H and O–H groups in total. The second-order valence-corrected chi connectivity index (χ2v) is 2.50. The molecule has 0 fully saturated rings. The minimum absolute atomic E-state index is 0.680. The molecular formula is C8H8O4. The third-order valence-corrected chi connectivity index (χ3v) is 1.62. The predicted octanol–water partition coefficient (Wildman–Crippen LogP) is 0.514. The van der Waals surface area contributed by atoms with Crippen LogP contribution in [0.5, 0.6) is 0 Å². The maximum Gasteiger partial charge on any atom is 0.314 e. The Morgan fingerprint density at radius 1 is 0.833 bits per heavy atom. The Kier molecular flexibility index (Phi) is 2.28. The molecule has 0 saturated carbocycles. The van der Waals surface area contributed by atoms with Crippen LogP contribution in [-0.2, 0) is 9.59 Å². The smallest absolute Gasteiger partial charge is 0.314 e. The molecule has 0 heterocycles. The van der Waals surface area contributed by atoms with Crippen molar-refractivity contribution >= 4 is 11.9 Å². The first kappa shape index (κ1) is 8.52. The molecule has 1 aliphatic carbocycles. The van der Waals surface area contributed by atoms with Crippen molar-refractivity contribution in [3.05, 3.63) is 24.3 Å². The van der Waals surface area contributed by atoms with Crippen molar-refractivity contribution in [1.29, 1.82) is 0 Å². The van der Waals surface area contributed by atoms with Crippen LogP contribution in [0, 0.1) is 11.8 Å². The molecule has 0 spiro atoms. The highest BCUT2D eigenvalue weighted by Gasteiger charge is 2.18. The van der Waals surface area contributed by atoms with E-state index in [1.54, 1.807) is 0 Å². The van der Waals surface area contributed by atoms with Crippen LogP contribution in [0.2, 0.25) is 0 Å². The van der Waals surface area contributed by atoms with Gasteiger partial charge in [0.05, 0.1) is 11.8 Å². The molecule has 0 atom stereocenters. The lowest BCUT2D eigenvalue weighted by atomic mass is 9.96. The van der Waals surface area contributed by atoms with Crippen molar-refractivity contribution in [2.24, 2.45) is 11.8 Å². The molecule has 0 aromatic carbocycles. The van der Waals surface area contributed by atoms with E-state index in [2.05, 4.69) is 0 Å². The van der Waals surface area contributed by atoms with Crippen molar-refractivity contribution in [2.75, 3.05) is 0 Å². The Morgan fingerprint density at radius 2 is 1.08 bits per heavy atom. The zero-order valence-electron chi connectivity index (χ0n) is 6.18. The maximum atomic E-state index is 10.4. The fourth-order valence-corrected chi connectivity index (χ4v) is 0.936. The van der Waals surface area contributed by atoms with Crippen molar-refractivity contribution in [3.63, 3.8) is 0 Å². The lowest BCUT2D eigenvalue weighted by molar-refractivity contribution is -0.140. The van der Waals surface area contributed by atoms with Gasteiger partial charge in [0.15, 0.2) is 0 Å². The normalized spacial score (nSPS) is 27.0. The summed E-state index contributed by atoms with van der Waals surface area (Å²) in [5.41, 5.74) is 0. The Labute approximate surface area is 68.8 Å². The molecule has 1 rings (SSSR count). The van der Waals surface area contributed by atoms with E-state index >= 15 is 0 Å². The fourth-order valence-electron chi connectivity index (χ4n) is 0.936. The summed E-state index contributed by atoms with van der Waals surface area (Å²) in [6.07, 6.45) is 5.50. The zero-order valence-corrected chi connectivity index (χ0v) is 6.18. The number of hydrogen-bond acceptors (Lipinski definition) is 2.